The molecule has 1 heterocycles. The minimum Gasteiger partial charge on any atom is -0.489 e. The zero-order valence-electron chi connectivity index (χ0n) is 13.7. The standard InChI is InChI=1S/C17H26Br2N2O/c1-4-21-7-5-6-14(21)11-20-10-13-8-15(18)17(16(19)9-13)22-12(2)3/h8-9,12,14,20H,4-7,10-11H2,1-3H3/t14-/m0/s1. The van der Waals surface area contributed by atoms with Crippen LogP contribution >= 0.6 is 31.9 Å². The third kappa shape index (κ3) is 4.95. The van der Waals surface area contributed by atoms with Gasteiger partial charge in [0.2, 0.25) is 0 Å². The highest BCUT2D eigenvalue weighted by atomic mass is 79.9. The first-order valence-corrected chi connectivity index (χ1v) is 9.69. The summed E-state index contributed by atoms with van der Waals surface area (Å²) in [4.78, 5) is 2.57. The maximum Gasteiger partial charge on any atom is 0.148 e. The molecule has 0 aliphatic carbocycles. The van der Waals surface area contributed by atoms with Crippen LogP contribution in [0.25, 0.3) is 0 Å². The van der Waals surface area contributed by atoms with Crippen molar-refractivity contribution in [3.63, 3.8) is 0 Å². The molecule has 0 amide bonds. The molecule has 124 valence electrons. The van der Waals surface area contributed by atoms with Gasteiger partial charge in [-0.25, -0.2) is 0 Å². The number of hydrogen-bond acceptors (Lipinski definition) is 3. The van der Waals surface area contributed by atoms with E-state index in [4.69, 9.17) is 4.74 Å². The minimum absolute atomic E-state index is 0.166. The number of rotatable bonds is 7. The Morgan fingerprint density at radius 2 is 2.00 bits per heavy atom. The second-order valence-corrected chi connectivity index (χ2v) is 7.82. The average Bonchev–Trinajstić information content (AvgIpc) is 2.90. The fourth-order valence-corrected chi connectivity index (χ4v) is 4.46. The Kier molecular flexibility index (Phi) is 7.19. The second kappa shape index (κ2) is 8.67. The molecule has 0 bridgehead atoms. The molecule has 1 aliphatic heterocycles. The fraction of sp³-hybridized carbons (Fsp3) is 0.647. The molecule has 1 aromatic carbocycles. The smallest absolute Gasteiger partial charge is 0.148 e. The summed E-state index contributed by atoms with van der Waals surface area (Å²) >= 11 is 7.23. The second-order valence-electron chi connectivity index (χ2n) is 6.11. The number of benzene rings is 1. The Morgan fingerprint density at radius 1 is 1.32 bits per heavy atom. The molecule has 1 N–H and O–H groups in total. The lowest BCUT2D eigenvalue weighted by Crippen LogP contribution is -2.37. The van der Waals surface area contributed by atoms with Crippen molar-refractivity contribution < 1.29 is 4.74 Å². The van der Waals surface area contributed by atoms with Gasteiger partial charge in [-0.3, -0.25) is 4.90 Å². The molecule has 1 aromatic rings. The maximum absolute atomic E-state index is 5.82. The highest BCUT2D eigenvalue weighted by Gasteiger charge is 2.22. The summed E-state index contributed by atoms with van der Waals surface area (Å²) in [6, 6.07) is 4.98. The van der Waals surface area contributed by atoms with Gasteiger partial charge in [-0.2, -0.15) is 0 Å². The first-order valence-electron chi connectivity index (χ1n) is 8.10. The third-order valence-electron chi connectivity index (χ3n) is 4.03. The Morgan fingerprint density at radius 3 is 2.59 bits per heavy atom. The van der Waals surface area contributed by atoms with Crippen LogP contribution in [0.2, 0.25) is 0 Å². The number of hydrogen-bond donors (Lipinski definition) is 1. The van der Waals surface area contributed by atoms with Gasteiger partial charge < -0.3 is 10.1 Å². The summed E-state index contributed by atoms with van der Waals surface area (Å²) in [5.74, 6) is 0.881. The van der Waals surface area contributed by atoms with Crippen LogP contribution in [0.3, 0.4) is 0 Å². The molecule has 5 heteroatoms. The molecule has 1 aliphatic rings. The Labute approximate surface area is 151 Å². The quantitative estimate of drug-likeness (QED) is 0.681. The van der Waals surface area contributed by atoms with Crippen LogP contribution in [0, 0.1) is 0 Å². The summed E-state index contributed by atoms with van der Waals surface area (Å²) in [7, 11) is 0. The zero-order chi connectivity index (χ0) is 16.1. The molecule has 1 saturated heterocycles. The SMILES string of the molecule is CCN1CCC[C@H]1CNCc1cc(Br)c(OC(C)C)c(Br)c1. The molecule has 0 spiro atoms. The predicted octanol–water partition coefficient (Wildman–Crippen LogP) is 4.57. The molecule has 0 saturated carbocycles. The van der Waals surface area contributed by atoms with Crippen LogP contribution in [0.4, 0.5) is 0 Å². The predicted molar refractivity (Wildman–Crippen MR) is 99.6 cm³/mol. The fourth-order valence-electron chi connectivity index (χ4n) is 2.99. The highest BCUT2D eigenvalue weighted by molar-refractivity contribution is 9.11. The van der Waals surface area contributed by atoms with E-state index in [-0.39, 0.29) is 6.10 Å². The summed E-state index contributed by atoms with van der Waals surface area (Å²) in [5.41, 5.74) is 1.26. The molecule has 2 rings (SSSR count). The molecule has 3 nitrogen and oxygen atoms in total. The van der Waals surface area contributed by atoms with Crippen LogP contribution in [0.15, 0.2) is 21.1 Å². The lowest BCUT2D eigenvalue weighted by atomic mass is 10.2. The van der Waals surface area contributed by atoms with E-state index in [1.54, 1.807) is 0 Å². The van der Waals surface area contributed by atoms with E-state index in [1.165, 1.54) is 24.9 Å². The molecule has 0 radical (unpaired) electrons. The van der Waals surface area contributed by atoms with Crippen molar-refractivity contribution in [1.82, 2.24) is 10.2 Å². The summed E-state index contributed by atoms with van der Waals surface area (Å²) in [5, 5.41) is 3.60. The largest absolute Gasteiger partial charge is 0.489 e. The van der Waals surface area contributed by atoms with Crippen molar-refractivity contribution in [3.05, 3.63) is 26.6 Å². The van der Waals surface area contributed by atoms with E-state index in [0.29, 0.717) is 6.04 Å². The number of likely N-dealkylation sites (tertiary alicyclic amines) is 1. The monoisotopic (exact) mass is 432 g/mol. The van der Waals surface area contributed by atoms with Crippen molar-refractivity contribution in [2.24, 2.45) is 0 Å². The summed E-state index contributed by atoms with van der Waals surface area (Å²) < 4.78 is 7.83. The van der Waals surface area contributed by atoms with Crippen molar-refractivity contribution in [3.8, 4) is 5.75 Å². The van der Waals surface area contributed by atoms with E-state index in [9.17, 15) is 0 Å². The van der Waals surface area contributed by atoms with Crippen molar-refractivity contribution in [1.29, 1.82) is 0 Å². The van der Waals surface area contributed by atoms with Gasteiger partial charge in [0.1, 0.15) is 5.75 Å². The van der Waals surface area contributed by atoms with E-state index < -0.39 is 0 Å². The van der Waals surface area contributed by atoms with Crippen LogP contribution in [0.1, 0.15) is 39.2 Å². The molecular weight excluding hydrogens is 408 g/mol. The van der Waals surface area contributed by atoms with E-state index >= 15 is 0 Å². The normalized spacial score (nSPS) is 19.1. The highest BCUT2D eigenvalue weighted by Crippen LogP contribution is 2.35. The number of nitrogens with zero attached hydrogens (tertiary/aromatic N) is 1. The van der Waals surface area contributed by atoms with Gasteiger partial charge >= 0.3 is 0 Å². The van der Waals surface area contributed by atoms with Crippen molar-refractivity contribution in [2.45, 2.75) is 52.3 Å². The Hall–Kier alpha value is -0.100. The van der Waals surface area contributed by atoms with Gasteiger partial charge in [0.05, 0.1) is 15.0 Å². The zero-order valence-corrected chi connectivity index (χ0v) is 16.8. The topological polar surface area (TPSA) is 24.5 Å². The van der Waals surface area contributed by atoms with E-state index in [1.807, 2.05) is 13.8 Å². The first kappa shape index (κ1) is 18.2. The molecule has 1 fully saturated rings. The Bertz CT molecular complexity index is 471. The lowest BCUT2D eigenvalue weighted by Gasteiger charge is -2.23. The maximum atomic E-state index is 5.82. The van der Waals surface area contributed by atoms with Crippen LogP contribution in [0.5, 0.6) is 5.75 Å². The van der Waals surface area contributed by atoms with Gasteiger partial charge in [-0.1, -0.05) is 6.92 Å². The van der Waals surface area contributed by atoms with Gasteiger partial charge in [0.15, 0.2) is 0 Å². The first-order chi connectivity index (χ1) is 10.5. The van der Waals surface area contributed by atoms with Gasteiger partial charge in [-0.15, -0.1) is 0 Å². The van der Waals surface area contributed by atoms with Crippen LogP contribution in [-0.4, -0.2) is 36.7 Å². The molecule has 0 aromatic heterocycles. The number of ether oxygens (including phenoxy) is 1. The summed E-state index contributed by atoms with van der Waals surface area (Å²) in [6.45, 7) is 10.7. The molecule has 0 unspecified atom stereocenters. The van der Waals surface area contributed by atoms with Crippen molar-refractivity contribution in [2.75, 3.05) is 19.6 Å². The van der Waals surface area contributed by atoms with E-state index in [0.717, 1.165) is 34.3 Å². The van der Waals surface area contributed by atoms with Crippen molar-refractivity contribution >= 4 is 31.9 Å². The number of likely N-dealkylation sites (N-methyl/N-ethyl adjacent to an activating group) is 1. The van der Waals surface area contributed by atoms with Gasteiger partial charge in [0.25, 0.3) is 0 Å². The molecule has 1 atom stereocenters. The lowest BCUT2D eigenvalue weighted by molar-refractivity contribution is 0.239. The third-order valence-corrected chi connectivity index (χ3v) is 5.20. The number of nitrogens with one attached hydrogen (secondary N) is 1. The molecular formula is C17H26Br2N2O. The van der Waals surface area contributed by atoms with Gasteiger partial charge in [0, 0.05) is 19.1 Å². The summed E-state index contributed by atoms with van der Waals surface area (Å²) in [6.07, 6.45) is 2.81. The molecule has 22 heavy (non-hydrogen) atoms. The number of halogens is 2. The minimum atomic E-state index is 0.166. The van der Waals surface area contributed by atoms with Gasteiger partial charge in [-0.05, 0) is 89.3 Å². The Balaban J connectivity index is 1.90. The van der Waals surface area contributed by atoms with Crippen LogP contribution < -0.4 is 10.1 Å². The average molecular weight is 434 g/mol. The van der Waals surface area contributed by atoms with E-state index in [2.05, 4.69) is 61.1 Å². The van der Waals surface area contributed by atoms with Crippen LogP contribution in [-0.2, 0) is 6.54 Å².